The fourth-order valence-electron chi connectivity index (χ4n) is 4.13. The van der Waals surface area contributed by atoms with Gasteiger partial charge in [0.2, 0.25) is 10.0 Å². The van der Waals surface area contributed by atoms with Crippen LogP contribution in [0.4, 0.5) is 4.39 Å². The SMILES string of the molecule is O=C(NCc1ccc(S(=O)(=O)N2CCNCC2)cc1)c1cccc2c1cnn2-c1ccc(F)cc1. The van der Waals surface area contributed by atoms with Crippen molar-refractivity contribution >= 4 is 26.8 Å². The Morgan fingerprint density at radius 3 is 2.43 bits per heavy atom. The Morgan fingerprint density at radius 1 is 1.00 bits per heavy atom. The molecule has 0 bridgehead atoms. The van der Waals surface area contributed by atoms with Crippen molar-refractivity contribution in [1.29, 1.82) is 0 Å². The highest BCUT2D eigenvalue weighted by Gasteiger charge is 2.25. The lowest BCUT2D eigenvalue weighted by Crippen LogP contribution is -2.46. The van der Waals surface area contributed by atoms with Crippen LogP contribution in [0, 0.1) is 5.82 Å². The van der Waals surface area contributed by atoms with Gasteiger partial charge in [-0.2, -0.15) is 9.40 Å². The van der Waals surface area contributed by atoms with Crippen molar-refractivity contribution in [2.24, 2.45) is 0 Å². The number of nitrogens with one attached hydrogen (secondary N) is 2. The van der Waals surface area contributed by atoms with Crippen molar-refractivity contribution < 1.29 is 17.6 Å². The van der Waals surface area contributed by atoms with Crippen LogP contribution < -0.4 is 10.6 Å². The summed E-state index contributed by atoms with van der Waals surface area (Å²) in [5.74, 6) is -0.605. The summed E-state index contributed by atoms with van der Waals surface area (Å²) in [5.41, 5.74) is 2.67. The molecule has 0 atom stereocenters. The van der Waals surface area contributed by atoms with Crippen molar-refractivity contribution in [2.75, 3.05) is 26.2 Å². The topological polar surface area (TPSA) is 96.3 Å². The lowest BCUT2D eigenvalue weighted by atomic mass is 10.1. The van der Waals surface area contributed by atoms with Gasteiger partial charge in [0, 0.05) is 38.1 Å². The number of amides is 1. The zero-order valence-electron chi connectivity index (χ0n) is 18.8. The van der Waals surface area contributed by atoms with E-state index in [2.05, 4.69) is 15.7 Å². The number of hydrogen-bond acceptors (Lipinski definition) is 5. The standard InChI is InChI=1S/C25H24FN5O3S/c26-19-6-8-20(9-7-19)31-24-3-1-2-22(23(24)17-29-31)25(32)28-16-18-4-10-21(11-5-18)35(33,34)30-14-12-27-13-15-30/h1-11,17,27H,12-16H2,(H,28,32). The molecule has 8 nitrogen and oxygen atoms in total. The normalized spacial score (nSPS) is 14.8. The van der Waals surface area contributed by atoms with Crippen molar-refractivity contribution in [2.45, 2.75) is 11.4 Å². The number of aromatic nitrogens is 2. The largest absolute Gasteiger partial charge is 0.348 e. The second-order valence-electron chi connectivity index (χ2n) is 8.25. The molecule has 0 saturated carbocycles. The molecular weight excluding hydrogens is 469 g/mol. The zero-order chi connectivity index (χ0) is 24.4. The Balaban J connectivity index is 1.30. The van der Waals surface area contributed by atoms with Crippen LogP contribution in [-0.2, 0) is 16.6 Å². The van der Waals surface area contributed by atoms with E-state index in [4.69, 9.17) is 0 Å². The van der Waals surface area contributed by atoms with Crippen molar-refractivity contribution in [3.05, 3.63) is 89.9 Å². The quantitative estimate of drug-likeness (QED) is 0.431. The lowest BCUT2D eigenvalue weighted by molar-refractivity contribution is 0.0952. The second kappa shape index (κ2) is 9.57. The predicted octanol–water partition coefficient (Wildman–Crippen LogP) is 2.69. The number of halogens is 1. The minimum absolute atomic E-state index is 0.243. The van der Waals surface area contributed by atoms with Crippen LogP contribution in [0.25, 0.3) is 16.6 Å². The molecule has 1 aromatic heterocycles. The molecule has 35 heavy (non-hydrogen) atoms. The first-order valence-electron chi connectivity index (χ1n) is 11.2. The molecule has 5 rings (SSSR count). The van der Waals surface area contributed by atoms with Crippen LogP contribution in [0.1, 0.15) is 15.9 Å². The molecule has 1 fully saturated rings. The fourth-order valence-corrected chi connectivity index (χ4v) is 5.57. The van der Waals surface area contributed by atoms with E-state index in [9.17, 15) is 17.6 Å². The monoisotopic (exact) mass is 493 g/mol. The number of carbonyl (C=O) groups is 1. The number of benzene rings is 3. The molecule has 0 unspecified atom stereocenters. The number of carbonyl (C=O) groups excluding carboxylic acids is 1. The van der Waals surface area contributed by atoms with Gasteiger partial charge in [-0.15, -0.1) is 0 Å². The molecule has 1 amide bonds. The van der Waals surface area contributed by atoms with Crippen LogP contribution in [0.3, 0.4) is 0 Å². The van der Waals surface area contributed by atoms with E-state index >= 15 is 0 Å². The maximum Gasteiger partial charge on any atom is 0.252 e. The van der Waals surface area contributed by atoms with Gasteiger partial charge < -0.3 is 10.6 Å². The van der Waals surface area contributed by atoms with Gasteiger partial charge in [0.15, 0.2) is 0 Å². The Labute approximate surface area is 202 Å². The third kappa shape index (κ3) is 4.68. The van der Waals surface area contributed by atoms with Crippen molar-refractivity contribution in [1.82, 2.24) is 24.7 Å². The molecule has 1 aliphatic rings. The Kier molecular flexibility index (Phi) is 6.33. The molecule has 0 radical (unpaired) electrons. The first-order valence-corrected chi connectivity index (χ1v) is 12.7. The van der Waals surface area contributed by atoms with Gasteiger partial charge in [-0.25, -0.2) is 17.5 Å². The van der Waals surface area contributed by atoms with Gasteiger partial charge in [0.1, 0.15) is 5.82 Å². The maximum absolute atomic E-state index is 13.3. The molecule has 180 valence electrons. The van der Waals surface area contributed by atoms with E-state index in [0.29, 0.717) is 42.8 Å². The molecule has 0 spiro atoms. The molecule has 3 aromatic carbocycles. The fraction of sp³-hybridized carbons (Fsp3) is 0.200. The summed E-state index contributed by atoms with van der Waals surface area (Å²) in [6.45, 7) is 2.42. The first-order chi connectivity index (χ1) is 16.9. The van der Waals surface area contributed by atoms with E-state index in [1.807, 2.05) is 6.07 Å². The Hall–Kier alpha value is -3.60. The minimum atomic E-state index is -3.52. The average Bonchev–Trinajstić information content (AvgIpc) is 3.33. The van der Waals surface area contributed by atoms with Crippen molar-refractivity contribution in [3.8, 4) is 5.69 Å². The summed E-state index contributed by atoms with van der Waals surface area (Å²) in [6.07, 6.45) is 1.61. The van der Waals surface area contributed by atoms with Gasteiger partial charge in [-0.1, -0.05) is 18.2 Å². The van der Waals surface area contributed by atoms with Crippen LogP contribution in [0.5, 0.6) is 0 Å². The number of rotatable bonds is 6. The maximum atomic E-state index is 13.3. The molecular formula is C25H24FN5O3S. The van der Waals surface area contributed by atoms with Crippen LogP contribution >= 0.6 is 0 Å². The van der Waals surface area contributed by atoms with Crippen LogP contribution in [0.2, 0.25) is 0 Å². The lowest BCUT2D eigenvalue weighted by Gasteiger charge is -2.26. The number of sulfonamides is 1. The molecule has 1 aliphatic heterocycles. The van der Waals surface area contributed by atoms with Gasteiger partial charge in [0.25, 0.3) is 5.91 Å². The van der Waals surface area contributed by atoms with E-state index < -0.39 is 10.0 Å². The molecule has 0 aliphatic carbocycles. The number of fused-ring (bicyclic) bond motifs is 1. The highest BCUT2D eigenvalue weighted by molar-refractivity contribution is 7.89. The number of piperazine rings is 1. The van der Waals surface area contributed by atoms with Gasteiger partial charge >= 0.3 is 0 Å². The second-order valence-corrected chi connectivity index (χ2v) is 10.2. The molecule has 2 heterocycles. The summed E-state index contributed by atoms with van der Waals surface area (Å²) in [6, 6.07) is 17.9. The van der Waals surface area contributed by atoms with Gasteiger partial charge in [-0.3, -0.25) is 4.79 Å². The van der Waals surface area contributed by atoms with E-state index in [1.54, 1.807) is 59.4 Å². The van der Waals surface area contributed by atoms with Crippen LogP contribution in [0.15, 0.2) is 77.8 Å². The Bertz CT molecular complexity index is 1460. The summed E-state index contributed by atoms with van der Waals surface area (Å²) in [5, 5.41) is 11.1. The van der Waals surface area contributed by atoms with E-state index in [0.717, 1.165) is 11.1 Å². The van der Waals surface area contributed by atoms with Gasteiger partial charge in [-0.05, 0) is 54.1 Å². The zero-order valence-corrected chi connectivity index (χ0v) is 19.6. The summed E-state index contributed by atoms with van der Waals surface area (Å²) in [7, 11) is -3.52. The highest BCUT2D eigenvalue weighted by atomic mass is 32.2. The van der Waals surface area contributed by atoms with Crippen molar-refractivity contribution in [3.63, 3.8) is 0 Å². The summed E-state index contributed by atoms with van der Waals surface area (Å²) in [4.78, 5) is 13.2. The third-order valence-electron chi connectivity index (χ3n) is 6.02. The molecule has 10 heteroatoms. The van der Waals surface area contributed by atoms with E-state index in [-0.39, 0.29) is 23.2 Å². The molecule has 4 aromatic rings. The van der Waals surface area contributed by atoms with E-state index in [1.165, 1.54) is 16.4 Å². The average molecular weight is 494 g/mol. The highest BCUT2D eigenvalue weighted by Crippen LogP contribution is 2.22. The number of hydrogen-bond donors (Lipinski definition) is 2. The predicted molar refractivity (Wildman–Crippen MR) is 130 cm³/mol. The van der Waals surface area contributed by atoms with Crippen LogP contribution in [-0.4, -0.2) is 54.6 Å². The molecule has 1 saturated heterocycles. The molecule has 2 N–H and O–H groups in total. The minimum Gasteiger partial charge on any atom is -0.348 e. The first kappa shape index (κ1) is 23.2. The van der Waals surface area contributed by atoms with Gasteiger partial charge in [0.05, 0.1) is 27.9 Å². The summed E-state index contributed by atoms with van der Waals surface area (Å²) < 4.78 is 42.0. The smallest absolute Gasteiger partial charge is 0.252 e. The summed E-state index contributed by atoms with van der Waals surface area (Å²) >= 11 is 0. The Morgan fingerprint density at radius 2 is 1.71 bits per heavy atom. The number of nitrogens with zero attached hydrogens (tertiary/aromatic N) is 3. The third-order valence-corrected chi connectivity index (χ3v) is 7.93.